The predicted molar refractivity (Wildman–Crippen MR) is 38.9 cm³/mol. The van der Waals surface area contributed by atoms with Crippen LogP contribution in [0.5, 0.6) is 0 Å². The van der Waals surface area contributed by atoms with E-state index in [4.69, 9.17) is 14.9 Å². The molecule has 0 saturated carbocycles. The lowest BCUT2D eigenvalue weighted by Crippen LogP contribution is -1.92. The largest absolute Gasteiger partial charge is 0.408 e. The number of aromatic nitrogens is 2. The molecule has 5 heteroatoms. The van der Waals surface area contributed by atoms with Gasteiger partial charge in [-0.05, 0) is 6.42 Å². The first-order valence-corrected chi connectivity index (χ1v) is 3.39. The molecule has 11 heavy (non-hydrogen) atoms. The van der Waals surface area contributed by atoms with Gasteiger partial charge in [-0.25, -0.2) is 0 Å². The quantitative estimate of drug-likeness (QED) is 0.633. The summed E-state index contributed by atoms with van der Waals surface area (Å²) in [6.45, 7) is 0.697. The van der Waals surface area contributed by atoms with Gasteiger partial charge in [0.2, 0.25) is 5.89 Å². The van der Waals surface area contributed by atoms with Crippen molar-refractivity contribution >= 4 is 6.01 Å². The first kappa shape index (κ1) is 8.00. The van der Waals surface area contributed by atoms with Crippen LogP contribution in [-0.4, -0.2) is 23.9 Å². The number of nitrogen functional groups attached to an aromatic ring is 1. The van der Waals surface area contributed by atoms with Crippen LogP contribution in [0.4, 0.5) is 6.01 Å². The van der Waals surface area contributed by atoms with Crippen LogP contribution in [0.25, 0.3) is 0 Å². The normalized spacial score (nSPS) is 10.3. The van der Waals surface area contributed by atoms with Crippen molar-refractivity contribution in [1.29, 1.82) is 0 Å². The number of anilines is 1. The topological polar surface area (TPSA) is 74.2 Å². The molecule has 0 saturated heterocycles. The maximum atomic E-state index is 5.21. The molecule has 1 heterocycles. The van der Waals surface area contributed by atoms with Crippen molar-refractivity contribution in [2.75, 3.05) is 19.5 Å². The Morgan fingerprint density at radius 1 is 1.55 bits per heavy atom. The summed E-state index contributed by atoms with van der Waals surface area (Å²) in [6, 6.07) is 0.123. The molecule has 0 fully saturated rings. The highest BCUT2D eigenvalue weighted by Crippen LogP contribution is 2.02. The number of ether oxygens (including phenoxy) is 1. The highest BCUT2D eigenvalue weighted by molar-refractivity contribution is 5.04. The number of aryl methyl sites for hydroxylation is 1. The van der Waals surface area contributed by atoms with E-state index in [-0.39, 0.29) is 6.01 Å². The summed E-state index contributed by atoms with van der Waals surface area (Å²) in [5, 5.41) is 7.21. The Morgan fingerprint density at radius 3 is 2.91 bits per heavy atom. The summed E-state index contributed by atoms with van der Waals surface area (Å²) in [5.74, 6) is 0.569. The number of rotatable bonds is 4. The van der Waals surface area contributed by atoms with Crippen molar-refractivity contribution in [3.05, 3.63) is 5.89 Å². The molecule has 0 aromatic carbocycles. The molecule has 2 N–H and O–H groups in total. The molecule has 0 aliphatic rings. The minimum Gasteiger partial charge on any atom is -0.408 e. The van der Waals surface area contributed by atoms with E-state index in [1.54, 1.807) is 7.11 Å². The van der Waals surface area contributed by atoms with Gasteiger partial charge < -0.3 is 14.9 Å². The SMILES string of the molecule is COCCCc1nnc(N)o1. The third-order valence-corrected chi connectivity index (χ3v) is 1.22. The molecule has 0 radical (unpaired) electrons. The van der Waals surface area contributed by atoms with Crippen LogP contribution in [-0.2, 0) is 11.2 Å². The van der Waals surface area contributed by atoms with Gasteiger partial charge in [0.25, 0.3) is 0 Å². The lowest BCUT2D eigenvalue weighted by Gasteiger charge is -1.93. The molecule has 1 rings (SSSR count). The Bertz CT molecular complexity index is 211. The van der Waals surface area contributed by atoms with Crippen LogP contribution >= 0.6 is 0 Å². The van der Waals surface area contributed by atoms with E-state index in [9.17, 15) is 0 Å². The molecule has 0 amide bonds. The fourth-order valence-electron chi connectivity index (χ4n) is 0.735. The zero-order valence-electron chi connectivity index (χ0n) is 6.41. The Balaban J connectivity index is 2.27. The molecule has 62 valence electrons. The van der Waals surface area contributed by atoms with Gasteiger partial charge in [-0.1, -0.05) is 5.10 Å². The maximum absolute atomic E-state index is 5.21. The van der Waals surface area contributed by atoms with Gasteiger partial charge >= 0.3 is 6.01 Å². The van der Waals surface area contributed by atoms with E-state index in [1.165, 1.54) is 0 Å². The fourth-order valence-corrected chi connectivity index (χ4v) is 0.735. The summed E-state index contributed by atoms with van der Waals surface area (Å²) >= 11 is 0. The van der Waals surface area contributed by atoms with Crippen LogP contribution < -0.4 is 5.73 Å². The smallest absolute Gasteiger partial charge is 0.312 e. The van der Waals surface area contributed by atoms with E-state index in [2.05, 4.69) is 10.2 Å². The fraction of sp³-hybridized carbons (Fsp3) is 0.667. The molecule has 0 spiro atoms. The molecule has 0 atom stereocenters. The first-order chi connectivity index (χ1) is 5.33. The second kappa shape index (κ2) is 3.92. The molecule has 0 aliphatic heterocycles. The number of hydrogen-bond acceptors (Lipinski definition) is 5. The summed E-state index contributed by atoms with van der Waals surface area (Å²) in [4.78, 5) is 0. The Morgan fingerprint density at radius 2 is 2.36 bits per heavy atom. The standard InChI is InChI=1S/C6H11N3O2/c1-10-4-2-3-5-8-9-6(7)11-5/h2-4H2,1H3,(H2,7,9). The van der Waals surface area contributed by atoms with E-state index in [0.717, 1.165) is 12.8 Å². The highest BCUT2D eigenvalue weighted by atomic mass is 16.5. The molecule has 0 unspecified atom stereocenters. The minimum absolute atomic E-state index is 0.123. The zero-order chi connectivity index (χ0) is 8.10. The lowest BCUT2D eigenvalue weighted by molar-refractivity contribution is 0.193. The number of methoxy groups -OCH3 is 1. The number of nitrogens with zero attached hydrogens (tertiary/aromatic N) is 2. The van der Waals surface area contributed by atoms with Crippen molar-refractivity contribution in [3.8, 4) is 0 Å². The summed E-state index contributed by atoms with van der Waals surface area (Å²) in [5.41, 5.74) is 5.21. The van der Waals surface area contributed by atoms with Crippen molar-refractivity contribution in [3.63, 3.8) is 0 Å². The van der Waals surface area contributed by atoms with E-state index < -0.39 is 0 Å². The third kappa shape index (κ3) is 2.55. The van der Waals surface area contributed by atoms with Crippen LogP contribution in [0.3, 0.4) is 0 Å². The molecular formula is C6H11N3O2. The Kier molecular flexibility index (Phi) is 2.85. The van der Waals surface area contributed by atoms with Gasteiger partial charge in [-0.15, -0.1) is 5.10 Å². The molecule has 5 nitrogen and oxygen atoms in total. The highest BCUT2D eigenvalue weighted by Gasteiger charge is 2.00. The van der Waals surface area contributed by atoms with Crippen molar-refractivity contribution < 1.29 is 9.15 Å². The maximum Gasteiger partial charge on any atom is 0.312 e. The van der Waals surface area contributed by atoms with E-state index in [0.29, 0.717) is 12.5 Å². The summed E-state index contributed by atoms with van der Waals surface area (Å²) < 4.78 is 9.78. The van der Waals surface area contributed by atoms with Gasteiger partial charge in [-0.2, -0.15) is 0 Å². The van der Waals surface area contributed by atoms with Gasteiger partial charge in [0, 0.05) is 20.1 Å². The zero-order valence-corrected chi connectivity index (χ0v) is 6.41. The van der Waals surface area contributed by atoms with Crippen LogP contribution in [0.1, 0.15) is 12.3 Å². The number of hydrogen-bond donors (Lipinski definition) is 1. The van der Waals surface area contributed by atoms with Gasteiger partial charge in [-0.3, -0.25) is 0 Å². The predicted octanol–water partition coefficient (Wildman–Crippen LogP) is 0.231. The Labute approximate surface area is 64.5 Å². The molecule has 0 aliphatic carbocycles. The van der Waals surface area contributed by atoms with Gasteiger partial charge in [0.1, 0.15) is 0 Å². The average molecular weight is 157 g/mol. The minimum atomic E-state index is 0.123. The molecule has 0 bridgehead atoms. The summed E-state index contributed by atoms with van der Waals surface area (Å²) in [7, 11) is 1.65. The van der Waals surface area contributed by atoms with E-state index >= 15 is 0 Å². The van der Waals surface area contributed by atoms with Gasteiger partial charge in [0.15, 0.2) is 0 Å². The first-order valence-electron chi connectivity index (χ1n) is 3.39. The second-order valence-electron chi connectivity index (χ2n) is 2.13. The van der Waals surface area contributed by atoms with Crippen LogP contribution in [0.2, 0.25) is 0 Å². The monoisotopic (exact) mass is 157 g/mol. The average Bonchev–Trinajstić information content (AvgIpc) is 2.37. The van der Waals surface area contributed by atoms with Crippen molar-refractivity contribution in [1.82, 2.24) is 10.2 Å². The Hall–Kier alpha value is -1.10. The number of nitrogens with two attached hydrogens (primary N) is 1. The second-order valence-corrected chi connectivity index (χ2v) is 2.13. The lowest BCUT2D eigenvalue weighted by atomic mass is 10.3. The van der Waals surface area contributed by atoms with Crippen LogP contribution in [0.15, 0.2) is 4.42 Å². The van der Waals surface area contributed by atoms with Gasteiger partial charge in [0.05, 0.1) is 0 Å². The van der Waals surface area contributed by atoms with Crippen LogP contribution in [0, 0.1) is 0 Å². The molecule has 1 aromatic rings. The molecular weight excluding hydrogens is 146 g/mol. The van der Waals surface area contributed by atoms with Crippen molar-refractivity contribution in [2.45, 2.75) is 12.8 Å². The van der Waals surface area contributed by atoms with Crippen molar-refractivity contribution in [2.24, 2.45) is 0 Å². The summed E-state index contributed by atoms with van der Waals surface area (Å²) in [6.07, 6.45) is 1.59. The third-order valence-electron chi connectivity index (χ3n) is 1.22. The van der Waals surface area contributed by atoms with E-state index in [1.807, 2.05) is 0 Å². The molecule has 1 aromatic heterocycles.